The van der Waals surface area contributed by atoms with Gasteiger partial charge in [-0.2, -0.15) is 5.26 Å². The average Bonchev–Trinajstić information content (AvgIpc) is 3.22. The lowest BCUT2D eigenvalue weighted by Gasteiger charge is -2.06. The summed E-state index contributed by atoms with van der Waals surface area (Å²) in [5, 5.41) is 13.3. The number of hydrogen-bond acceptors (Lipinski definition) is 5. The highest BCUT2D eigenvalue weighted by Crippen LogP contribution is 2.23. The van der Waals surface area contributed by atoms with E-state index in [1.54, 1.807) is 12.3 Å². The molecule has 5 nitrogen and oxygen atoms in total. The molecular formula is C25H24ClN3O2S. The third kappa shape index (κ3) is 7.23. The van der Waals surface area contributed by atoms with E-state index in [-0.39, 0.29) is 5.57 Å². The molecule has 32 heavy (non-hydrogen) atoms. The number of carbonyl (C=O) groups is 1. The van der Waals surface area contributed by atoms with Crippen LogP contribution in [-0.2, 0) is 11.2 Å². The number of halogens is 1. The molecule has 0 aliphatic carbocycles. The molecular weight excluding hydrogens is 442 g/mol. The van der Waals surface area contributed by atoms with Crippen LogP contribution >= 0.6 is 22.9 Å². The number of unbranched alkanes of at least 4 members (excludes halogenated alkanes) is 2. The van der Waals surface area contributed by atoms with Crippen LogP contribution in [0.2, 0.25) is 5.02 Å². The van der Waals surface area contributed by atoms with Gasteiger partial charge in [-0.25, -0.2) is 4.98 Å². The number of nitrogens with zero attached hydrogens (tertiary/aromatic N) is 2. The number of benzene rings is 2. The number of carbonyl (C=O) groups excluding carboxylic acids is 1. The summed E-state index contributed by atoms with van der Waals surface area (Å²) in [6.45, 7) is 2.83. The number of hydrogen-bond donors (Lipinski definition) is 1. The number of amides is 1. The van der Waals surface area contributed by atoms with Crippen LogP contribution < -0.4 is 10.1 Å². The van der Waals surface area contributed by atoms with Crippen LogP contribution in [0.4, 0.5) is 5.13 Å². The Kier molecular flexibility index (Phi) is 8.85. The maximum Gasteiger partial charge on any atom is 0.268 e. The first-order valence-electron chi connectivity index (χ1n) is 10.4. The fraction of sp³-hybridized carbons (Fsp3) is 0.240. The van der Waals surface area contributed by atoms with Gasteiger partial charge in [0.15, 0.2) is 5.13 Å². The normalized spacial score (nSPS) is 11.1. The highest BCUT2D eigenvalue weighted by Gasteiger charge is 2.12. The van der Waals surface area contributed by atoms with Crippen LogP contribution in [0.3, 0.4) is 0 Å². The standard InChI is InChI=1S/C25H24ClN3O2S/c1-2-3-4-12-31-22-10-8-18(9-11-22)13-20(16-27)24(30)29-25-28-17-23(32-25)15-19-6-5-7-21(26)14-19/h5-11,13-14,17H,2-4,12,15H2,1H3,(H,28,29,30). The van der Waals surface area contributed by atoms with Crippen molar-refractivity contribution in [1.29, 1.82) is 5.26 Å². The Morgan fingerprint density at radius 3 is 2.78 bits per heavy atom. The molecule has 0 bridgehead atoms. The zero-order valence-corrected chi connectivity index (χ0v) is 19.4. The number of rotatable bonds is 10. The summed E-state index contributed by atoms with van der Waals surface area (Å²) >= 11 is 7.40. The molecule has 1 N–H and O–H groups in total. The molecule has 3 rings (SSSR count). The predicted molar refractivity (Wildman–Crippen MR) is 130 cm³/mol. The van der Waals surface area contributed by atoms with Gasteiger partial charge in [-0.1, -0.05) is 55.6 Å². The minimum absolute atomic E-state index is 0.00760. The molecule has 1 aromatic heterocycles. The van der Waals surface area contributed by atoms with Gasteiger partial charge in [0.25, 0.3) is 5.91 Å². The molecule has 0 aliphatic rings. The lowest BCUT2D eigenvalue weighted by Crippen LogP contribution is -2.13. The Balaban J connectivity index is 1.59. The van der Waals surface area contributed by atoms with E-state index in [1.807, 2.05) is 54.6 Å². The average molecular weight is 466 g/mol. The van der Waals surface area contributed by atoms with Gasteiger partial charge in [-0.15, -0.1) is 11.3 Å². The molecule has 0 aliphatic heterocycles. The molecule has 7 heteroatoms. The molecule has 0 radical (unpaired) electrons. The molecule has 3 aromatic rings. The second-order valence-corrected chi connectivity index (χ2v) is 8.74. The Bertz CT molecular complexity index is 1120. The van der Waals surface area contributed by atoms with Gasteiger partial charge in [0.1, 0.15) is 17.4 Å². The van der Waals surface area contributed by atoms with E-state index in [9.17, 15) is 10.1 Å². The quantitative estimate of drug-likeness (QED) is 0.210. The maximum absolute atomic E-state index is 12.6. The first kappa shape index (κ1) is 23.5. The van der Waals surface area contributed by atoms with Crippen molar-refractivity contribution >= 4 is 40.1 Å². The van der Waals surface area contributed by atoms with Gasteiger partial charge in [-0.3, -0.25) is 10.1 Å². The van der Waals surface area contributed by atoms with E-state index in [0.717, 1.165) is 41.0 Å². The van der Waals surface area contributed by atoms with Crippen molar-refractivity contribution < 1.29 is 9.53 Å². The molecule has 0 spiro atoms. The van der Waals surface area contributed by atoms with Crippen LogP contribution in [0, 0.1) is 11.3 Å². The fourth-order valence-electron chi connectivity index (χ4n) is 2.98. The molecule has 2 aromatic carbocycles. The molecule has 0 unspecified atom stereocenters. The van der Waals surface area contributed by atoms with Crippen LogP contribution in [0.25, 0.3) is 6.08 Å². The second kappa shape index (κ2) is 12.0. The maximum atomic E-state index is 12.6. The Morgan fingerprint density at radius 1 is 1.25 bits per heavy atom. The van der Waals surface area contributed by atoms with Gasteiger partial charge in [0, 0.05) is 22.5 Å². The fourth-order valence-corrected chi connectivity index (χ4v) is 4.03. The van der Waals surface area contributed by atoms with Gasteiger partial charge in [0.05, 0.1) is 6.61 Å². The van der Waals surface area contributed by atoms with Crippen molar-refractivity contribution in [2.75, 3.05) is 11.9 Å². The van der Waals surface area contributed by atoms with Crippen molar-refractivity contribution in [2.45, 2.75) is 32.6 Å². The number of nitriles is 1. The Labute approximate surface area is 197 Å². The topological polar surface area (TPSA) is 75.0 Å². The van der Waals surface area contributed by atoms with Crippen molar-refractivity contribution in [1.82, 2.24) is 4.98 Å². The third-order valence-electron chi connectivity index (χ3n) is 4.61. The van der Waals surface area contributed by atoms with E-state index in [1.165, 1.54) is 11.3 Å². The monoisotopic (exact) mass is 465 g/mol. The number of ether oxygens (including phenoxy) is 1. The Hall–Kier alpha value is -3.14. The molecule has 1 heterocycles. The summed E-state index contributed by atoms with van der Waals surface area (Å²) in [5.74, 6) is 0.285. The van der Waals surface area contributed by atoms with E-state index < -0.39 is 5.91 Å². The lowest BCUT2D eigenvalue weighted by atomic mass is 10.1. The SMILES string of the molecule is CCCCCOc1ccc(C=C(C#N)C(=O)Nc2ncc(Cc3cccc(Cl)c3)s2)cc1. The lowest BCUT2D eigenvalue weighted by molar-refractivity contribution is -0.112. The summed E-state index contributed by atoms with van der Waals surface area (Å²) in [6, 6.07) is 16.9. The number of nitrogens with one attached hydrogen (secondary N) is 1. The van der Waals surface area contributed by atoms with Crippen molar-refractivity contribution in [3.05, 3.63) is 81.3 Å². The van der Waals surface area contributed by atoms with Crippen molar-refractivity contribution in [2.24, 2.45) is 0 Å². The van der Waals surface area contributed by atoms with Gasteiger partial charge < -0.3 is 4.74 Å². The summed E-state index contributed by atoms with van der Waals surface area (Å²) in [7, 11) is 0. The molecule has 0 saturated heterocycles. The van der Waals surface area contributed by atoms with Crippen LogP contribution in [0.1, 0.15) is 42.2 Å². The predicted octanol–water partition coefficient (Wildman–Crippen LogP) is 6.50. The number of aromatic nitrogens is 1. The number of thiazole rings is 1. The largest absolute Gasteiger partial charge is 0.494 e. The van der Waals surface area contributed by atoms with Gasteiger partial charge in [0.2, 0.25) is 0 Å². The molecule has 164 valence electrons. The van der Waals surface area contributed by atoms with E-state index in [0.29, 0.717) is 23.2 Å². The van der Waals surface area contributed by atoms with Crippen LogP contribution in [0.5, 0.6) is 5.75 Å². The van der Waals surface area contributed by atoms with E-state index in [4.69, 9.17) is 16.3 Å². The van der Waals surface area contributed by atoms with Crippen molar-refractivity contribution in [3.8, 4) is 11.8 Å². The molecule has 1 amide bonds. The van der Waals surface area contributed by atoms with Crippen LogP contribution in [-0.4, -0.2) is 17.5 Å². The zero-order chi connectivity index (χ0) is 22.8. The smallest absolute Gasteiger partial charge is 0.268 e. The summed E-state index contributed by atoms with van der Waals surface area (Å²) in [6.07, 6.45) is 7.25. The van der Waals surface area contributed by atoms with Gasteiger partial charge in [-0.05, 0) is 47.9 Å². The van der Waals surface area contributed by atoms with E-state index in [2.05, 4.69) is 17.2 Å². The third-order valence-corrected chi connectivity index (χ3v) is 5.76. The zero-order valence-electron chi connectivity index (χ0n) is 17.8. The highest BCUT2D eigenvalue weighted by molar-refractivity contribution is 7.15. The highest BCUT2D eigenvalue weighted by atomic mass is 35.5. The minimum atomic E-state index is -0.490. The minimum Gasteiger partial charge on any atom is -0.494 e. The van der Waals surface area contributed by atoms with E-state index >= 15 is 0 Å². The number of anilines is 1. The summed E-state index contributed by atoms with van der Waals surface area (Å²) < 4.78 is 5.69. The summed E-state index contributed by atoms with van der Waals surface area (Å²) in [4.78, 5) is 17.8. The Morgan fingerprint density at radius 2 is 2.06 bits per heavy atom. The molecule has 0 atom stereocenters. The first-order valence-corrected chi connectivity index (χ1v) is 11.6. The molecule has 0 fully saturated rings. The van der Waals surface area contributed by atoms with Crippen molar-refractivity contribution in [3.63, 3.8) is 0 Å². The second-order valence-electron chi connectivity index (χ2n) is 7.19. The summed E-state index contributed by atoms with van der Waals surface area (Å²) in [5.41, 5.74) is 1.82. The van der Waals surface area contributed by atoms with Crippen LogP contribution in [0.15, 0.2) is 60.3 Å². The van der Waals surface area contributed by atoms with Gasteiger partial charge >= 0.3 is 0 Å². The first-order chi connectivity index (χ1) is 15.6. The molecule has 0 saturated carbocycles.